The molecule has 2 N–H and O–H groups in total. The molecule has 1 amide bonds. The van der Waals surface area contributed by atoms with E-state index in [1.54, 1.807) is 25.4 Å². The second kappa shape index (κ2) is 7.04. The molecule has 0 fully saturated rings. The van der Waals surface area contributed by atoms with Crippen LogP contribution in [0.4, 0.5) is 0 Å². The van der Waals surface area contributed by atoms with Gasteiger partial charge in [0.05, 0.1) is 14.2 Å². The van der Waals surface area contributed by atoms with Crippen LogP contribution in [-0.4, -0.2) is 36.6 Å². The summed E-state index contributed by atoms with van der Waals surface area (Å²) >= 11 is 0. The molecule has 6 nitrogen and oxygen atoms in total. The maximum atomic E-state index is 12.3. The topological polar surface area (TPSA) is 76.2 Å². The van der Waals surface area contributed by atoms with E-state index in [9.17, 15) is 4.79 Å². The number of aromatic amines is 1. The van der Waals surface area contributed by atoms with Crippen LogP contribution in [0.25, 0.3) is 10.9 Å². The van der Waals surface area contributed by atoms with Crippen molar-refractivity contribution in [1.29, 1.82) is 0 Å². The van der Waals surface area contributed by atoms with Gasteiger partial charge in [-0.2, -0.15) is 0 Å². The molecular formula is C18H19N3O3. The van der Waals surface area contributed by atoms with E-state index in [4.69, 9.17) is 9.47 Å². The Hall–Kier alpha value is -3.02. The second-order valence-electron chi connectivity index (χ2n) is 5.29. The lowest BCUT2D eigenvalue weighted by atomic mass is 10.1. The van der Waals surface area contributed by atoms with Crippen LogP contribution >= 0.6 is 0 Å². The van der Waals surface area contributed by atoms with E-state index < -0.39 is 0 Å². The summed E-state index contributed by atoms with van der Waals surface area (Å²) in [6.07, 6.45) is 4.26. The van der Waals surface area contributed by atoms with Gasteiger partial charge < -0.3 is 19.8 Å². The van der Waals surface area contributed by atoms with E-state index >= 15 is 0 Å². The number of rotatable bonds is 6. The fourth-order valence-corrected chi connectivity index (χ4v) is 2.62. The lowest BCUT2D eigenvalue weighted by Crippen LogP contribution is -2.26. The van der Waals surface area contributed by atoms with Gasteiger partial charge in [0.15, 0.2) is 0 Å². The summed E-state index contributed by atoms with van der Waals surface area (Å²) in [5.41, 5.74) is 2.61. The van der Waals surface area contributed by atoms with Gasteiger partial charge in [-0.25, -0.2) is 4.98 Å². The lowest BCUT2D eigenvalue weighted by molar-refractivity contribution is 0.0950. The van der Waals surface area contributed by atoms with E-state index in [2.05, 4.69) is 15.3 Å². The molecule has 0 unspecified atom stereocenters. The predicted octanol–water partition coefficient (Wildman–Crippen LogP) is 2.55. The molecule has 0 spiro atoms. The highest BCUT2D eigenvalue weighted by atomic mass is 16.5. The van der Waals surface area contributed by atoms with Crippen molar-refractivity contribution in [2.24, 2.45) is 0 Å². The average Bonchev–Trinajstić information content (AvgIpc) is 3.03. The van der Waals surface area contributed by atoms with E-state index in [0.717, 1.165) is 22.2 Å². The minimum Gasteiger partial charge on any atom is -0.497 e. The molecule has 0 aliphatic heterocycles. The molecule has 0 radical (unpaired) electrons. The van der Waals surface area contributed by atoms with Gasteiger partial charge in [0, 0.05) is 29.8 Å². The highest BCUT2D eigenvalue weighted by Crippen LogP contribution is 2.23. The Labute approximate surface area is 139 Å². The zero-order valence-corrected chi connectivity index (χ0v) is 13.6. The minimum atomic E-state index is -0.197. The van der Waals surface area contributed by atoms with Gasteiger partial charge in [-0.3, -0.25) is 4.79 Å². The number of nitrogens with zero attached hydrogens (tertiary/aromatic N) is 1. The largest absolute Gasteiger partial charge is 0.497 e. The van der Waals surface area contributed by atoms with Crippen LogP contribution in [0.5, 0.6) is 11.6 Å². The van der Waals surface area contributed by atoms with Gasteiger partial charge in [0.25, 0.3) is 5.91 Å². The van der Waals surface area contributed by atoms with E-state index in [-0.39, 0.29) is 5.91 Å². The summed E-state index contributed by atoms with van der Waals surface area (Å²) in [4.78, 5) is 19.5. The number of H-pyrrole nitrogens is 1. The van der Waals surface area contributed by atoms with E-state index in [1.165, 1.54) is 7.11 Å². The van der Waals surface area contributed by atoms with Crippen molar-refractivity contribution < 1.29 is 14.3 Å². The zero-order chi connectivity index (χ0) is 16.9. The molecule has 0 bridgehead atoms. The number of hydrogen-bond acceptors (Lipinski definition) is 4. The number of carbonyl (C=O) groups excluding carboxylic acids is 1. The number of ether oxygens (including phenoxy) is 2. The number of hydrogen-bond donors (Lipinski definition) is 2. The third kappa shape index (κ3) is 3.17. The Bertz CT molecular complexity index is 858. The molecule has 0 atom stereocenters. The first-order valence-electron chi connectivity index (χ1n) is 7.64. The highest BCUT2D eigenvalue weighted by Gasteiger charge is 2.12. The monoisotopic (exact) mass is 325 g/mol. The van der Waals surface area contributed by atoms with Crippen LogP contribution in [0.3, 0.4) is 0 Å². The molecule has 24 heavy (non-hydrogen) atoms. The van der Waals surface area contributed by atoms with Crippen molar-refractivity contribution in [2.45, 2.75) is 6.42 Å². The first kappa shape index (κ1) is 15.9. The van der Waals surface area contributed by atoms with E-state index in [0.29, 0.717) is 24.4 Å². The molecule has 0 saturated carbocycles. The number of aromatic nitrogens is 2. The van der Waals surface area contributed by atoms with Gasteiger partial charge in [0.2, 0.25) is 5.88 Å². The van der Waals surface area contributed by atoms with Crippen LogP contribution in [0.15, 0.2) is 42.7 Å². The molecule has 0 aliphatic carbocycles. The number of benzene rings is 1. The van der Waals surface area contributed by atoms with Crippen molar-refractivity contribution in [3.05, 3.63) is 53.9 Å². The van der Waals surface area contributed by atoms with Gasteiger partial charge in [-0.15, -0.1) is 0 Å². The van der Waals surface area contributed by atoms with Gasteiger partial charge >= 0.3 is 0 Å². The number of fused-ring (bicyclic) bond motifs is 1. The van der Waals surface area contributed by atoms with E-state index in [1.807, 2.05) is 24.4 Å². The molecule has 2 aromatic heterocycles. The molecule has 2 heterocycles. The molecule has 6 heteroatoms. The van der Waals surface area contributed by atoms with Crippen molar-refractivity contribution in [1.82, 2.24) is 15.3 Å². The first-order chi connectivity index (χ1) is 11.7. The van der Waals surface area contributed by atoms with Crippen molar-refractivity contribution in [3.8, 4) is 11.6 Å². The predicted molar refractivity (Wildman–Crippen MR) is 91.7 cm³/mol. The Morgan fingerprint density at radius 1 is 1.25 bits per heavy atom. The third-order valence-electron chi connectivity index (χ3n) is 3.86. The van der Waals surface area contributed by atoms with Crippen LogP contribution < -0.4 is 14.8 Å². The fraction of sp³-hybridized carbons (Fsp3) is 0.222. The van der Waals surface area contributed by atoms with Crippen LogP contribution in [-0.2, 0) is 6.42 Å². The zero-order valence-electron chi connectivity index (χ0n) is 13.6. The van der Waals surface area contributed by atoms with Crippen LogP contribution in [0.1, 0.15) is 15.9 Å². The smallest absolute Gasteiger partial charge is 0.256 e. The standard InChI is InChI=1S/C18H19N3O3/c1-23-13-5-6-16-15(10-13)12(11-21-16)7-9-19-17(22)14-4-3-8-20-18(14)24-2/h3-6,8,10-11,21H,7,9H2,1-2H3,(H,19,22). The third-order valence-corrected chi connectivity index (χ3v) is 3.86. The summed E-state index contributed by atoms with van der Waals surface area (Å²) in [6, 6.07) is 9.30. The summed E-state index contributed by atoms with van der Waals surface area (Å²) in [6.45, 7) is 0.515. The second-order valence-corrected chi connectivity index (χ2v) is 5.29. The summed E-state index contributed by atoms with van der Waals surface area (Å²) in [5, 5.41) is 4.00. The number of nitrogens with one attached hydrogen (secondary N) is 2. The van der Waals surface area contributed by atoms with Crippen molar-refractivity contribution in [2.75, 3.05) is 20.8 Å². The Balaban J connectivity index is 1.67. The summed E-state index contributed by atoms with van der Waals surface area (Å²) in [7, 11) is 3.15. The normalized spacial score (nSPS) is 10.6. The molecule has 124 valence electrons. The SMILES string of the molecule is COc1ccc2[nH]cc(CCNC(=O)c3cccnc3OC)c2c1. The maximum Gasteiger partial charge on any atom is 0.256 e. The fourth-order valence-electron chi connectivity index (χ4n) is 2.62. The first-order valence-corrected chi connectivity index (χ1v) is 7.64. The van der Waals surface area contributed by atoms with Crippen LogP contribution in [0.2, 0.25) is 0 Å². The molecular weight excluding hydrogens is 306 g/mol. The lowest BCUT2D eigenvalue weighted by Gasteiger charge is -2.08. The highest BCUT2D eigenvalue weighted by molar-refractivity contribution is 5.96. The Morgan fingerprint density at radius 2 is 2.12 bits per heavy atom. The molecule has 0 aliphatic rings. The van der Waals surface area contributed by atoms with Crippen molar-refractivity contribution in [3.63, 3.8) is 0 Å². The van der Waals surface area contributed by atoms with Gasteiger partial charge in [0.1, 0.15) is 11.3 Å². The maximum absolute atomic E-state index is 12.3. The van der Waals surface area contributed by atoms with Crippen molar-refractivity contribution >= 4 is 16.8 Å². The molecule has 3 aromatic rings. The Kier molecular flexibility index (Phi) is 4.65. The minimum absolute atomic E-state index is 0.197. The Morgan fingerprint density at radius 3 is 2.92 bits per heavy atom. The number of pyridine rings is 1. The van der Waals surface area contributed by atoms with Crippen LogP contribution in [0, 0.1) is 0 Å². The molecule has 0 saturated heterocycles. The summed E-state index contributed by atoms with van der Waals surface area (Å²) in [5.74, 6) is 0.941. The number of carbonyl (C=O) groups is 1. The number of amides is 1. The quantitative estimate of drug-likeness (QED) is 0.730. The van der Waals surface area contributed by atoms with Gasteiger partial charge in [-0.05, 0) is 42.3 Å². The molecule has 1 aromatic carbocycles. The van der Waals surface area contributed by atoms with Gasteiger partial charge in [-0.1, -0.05) is 0 Å². The number of methoxy groups -OCH3 is 2. The summed E-state index contributed by atoms with van der Waals surface area (Å²) < 4.78 is 10.4. The molecule has 3 rings (SSSR count). The average molecular weight is 325 g/mol.